The highest BCUT2D eigenvalue weighted by atomic mass is 16.2. The van der Waals surface area contributed by atoms with Gasteiger partial charge in [-0.25, -0.2) is 0 Å². The Kier molecular flexibility index (Phi) is 7.34. The smallest absolute Gasteiger partial charge is 0.236 e. The first kappa shape index (κ1) is 16.4. The molecule has 112 valence electrons. The third-order valence-corrected chi connectivity index (χ3v) is 3.80. The first-order valence-corrected chi connectivity index (χ1v) is 7.41. The average molecular weight is 270 g/mol. The molecule has 5 heteroatoms. The van der Waals surface area contributed by atoms with E-state index in [4.69, 9.17) is 0 Å². The van der Waals surface area contributed by atoms with Crippen LogP contribution in [0.1, 0.15) is 20.3 Å². The molecule has 0 bridgehead atoms. The highest BCUT2D eigenvalue weighted by molar-refractivity contribution is 5.78. The molecule has 1 unspecified atom stereocenters. The lowest BCUT2D eigenvalue weighted by atomic mass is 10.2. The SMILES string of the molecule is CCC(C)NCC(=O)N1CCN(CCN(C)C)CC1. The Bertz CT molecular complexity index is 262. The zero-order valence-corrected chi connectivity index (χ0v) is 13.0. The maximum Gasteiger partial charge on any atom is 0.236 e. The van der Waals surface area contributed by atoms with Crippen LogP contribution >= 0.6 is 0 Å². The second-order valence-corrected chi connectivity index (χ2v) is 5.72. The van der Waals surface area contributed by atoms with E-state index in [9.17, 15) is 4.79 Å². The van der Waals surface area contributed by atoms with Crippen molar-refractivity contribution in [2.24, 2.45) is 0 Å². The standard InChI is InChI=1S/C14H30N4O/c1-5-13(2)15-12-14(19)18-10-8-17(9-11-18)7-6-16(3)4/h13,15H,5-12H2,1-4H3. The zero-order chi connectivity index (χ0) is 14.3. The third-order valence-electron chi connectivity index (χ3n) is 3.80. The predicted octanol–water partition coefficient (Wildman–Crippen LogP) is 0.0803. The molecule has 0 saturated carbocycles. The van der Waals surface area contributed by atoms with Gasteiger partial charge in [0.15, 0.2) is 0 Å². The van der Waals surface area contributed by atoms with Gasteiger partial charge in [0.1, 0.15) is 0 Å². The fraction of sp³-hybridized carbons (Fsp3) is 0.929. The number of hydrogen-bond acceptors (Lipinski definition) is 4. The highest BCUT2D eigenvalue weighted by Gasteiger charge is 2.20. The molecule has 1 heterocycles. The summed E-state index contributed by atoms with van der Waals surface area (Å²) in [6.45, 7) is 10.7. The fourth-order valence-electron chi connectivity index (χ4n) is 2.08. The number of nitrogens with one attached hydrogen (secondary N) is 1. The Morgan fingerprint density at radius 2 is 1.89 bits per heavy atom. The van der Waals surface area contributed by atoms with Crippen LogP contribution in [0.4, 0.5) is 0 Å². The molecule has 0 spiro atoms. The lowest BCUT2D eigenvalue weighted by molar-refractivity contribution is -0.132. The van der Waals surface area contributed by atoms with Gasteiger partial charge in [-0.3, -0.25) is 9.69 Å². The summed E-state index contributed by atoms with van der Waals surface area (Å²) in [4.78, 5) is 18.7. The van der Waals surface area contributed by atoms with Crippen LogP contribution in [0.15, 0.2) is 0 Å². The molecule has 1 fully saturated rings. The van der Waals surface area contributed by atoms with E-state index in [0.717, 1.165) is 45.7 Å². The largest absolute Gasteiger partial charge is 0.339 e. The van der Waals surface area contributed by atoms with Gasteiger partial charge >= 0.3 is 0 Å². The number of carbonyl (C=O) groups excluding carboxylic acids is 1. The van der Waals surface area contributed by atoms with E-state index >= 15 is 0 Å². The summed E-state index contributed by atoms with van der Waals surface area (Å²) >= 11 is 0. The fourth-order valence-corrected chi connectivity index (χ4v) is 2.08. The van der Waals surface area contributed by atoms with Crippen LogP contribution in [-0.4, -0.2) is 86.6 Å². The van der Waals surface area contributed by atoms with E-state index in [2.05, 4.69) is 43.1 Å². The van der Waals surface area contributed by atoms with Gasteiger partial charge in [-0.1, -0.05) is 6.92 Å². The lowest BCUT2D eigenvalue weighted by Gasteiger charge is -2.35. The summed E-state index contributed by atoms with van der Waals surface area (Å²) in [5, 5.41) is 3.27. The lowest BCUT2D eigenvalue weighted by Crippen LogP contribution is -2.52. The van der Waals surface area contributed by atoms with Crippen molar-refractivity contribution >= 4 is 5.91 Å². The van der Waals surface area contributed by atoms with Crippen LogP contribution in [0.2, 0.25) is 0 Å². The van der Waals surface area contributed by atoms with Crippen molar-refractivity contribution < 1.29 is 4.79 Å². The van der Waals surface area contributed by atoms with Crippen molar-refractivity contribution in [1.29, 1.82) is 0 Å². The Morgan fingerprint density at radius 3 is 2.42 bits per heavy atom. The van der Waals surface area contributed by atoms with Crippen molar-refractivity contribution in [2.45, 2.75) is 26.3 Å². The van der Waals surface area contributed by atoms with Gasteiger partial charge < -0.3 is 15.1 Å². The Labute approximate surface area is 117 Å². The van der Waals surface area contributed by atoms with E-state index in [-0.39, 0.29) is 5.91 Å². The summed E-state index contributed by atoms with van der Waals surface area (Å²) in [5.74, 6) is 0.243. The molecule has 1 N–H and O–H groups in total. The van der Waals surface area contributed by atoms with Crippen LogP contribution < -0.4 is 5.32 Å². The summed E-state index contributed by atoms with van der Waals surface area (Å²) in [6, 6.07) is 0.422. The number of likely N-dealkylation sites (N-methyl/N-ethyl adjacent to an activating group) is 1. The monoisotopic (exact) mass is 270 g/mol. The second-order valence-electron chi connectivity index (χ2n) is 5.72. The summed E-state index contributed by atoms with van der Waals surface area (Å²) in [6.07, 6.45) is 1.06. The normalized spacial score (nSPS) is 18.9. The van der Waals surface area contributed by atoms with Gasteiger partial charge in [-0.05, 0) is 27.4 Å². The van der Waals surface area contributed by atoms with Crippen LogP contribution in [-0.2, 0) is 4.79 Å². The highest BCUT2D eigenvalue weighted by Crippen LogP contribution is 2.02. The molecule has 1 atom stereocenters. The Morgan fingerprint density at radius 1 is 1.26 bits per heavy atom. The van der Waals surface area contributed by atoms with Crippen molar-refractivity contribution in [3.05, 3.63) is 0 Å². The molecular weight excluding hydrogens is 240 g/mol. The van der Waals surface area contributed by atoms with E-state index in [1.54, 1.807) is 0 Å². The minimum atomic E-state index is 0.243. The number of carbonyl (C=O) groups is 1. The molecule has 1 rings (SSSR count). The molecule has 0 aliphatic carbocycles. The molecule has 1 saturated heterocycles. The molecule has 0 aromatic heterocycles. The minimum absolute atomic E-state index is 0.243. The molecule has 19 heavy (non-hydrogen) atoms. The van der Waals surface area contributed by atoms with Gasteiger partial charge in [0.25, 0.3) is 0 Å². The van der Waals surface area contributed by atoms with E-state index in [1.165, 1.54) is 0 Å². The van der Waals surface area contributed by atoms with E-state index in [1.807, 2.05) is 4.90 Å². The van der Waals surface area contributed by atoms with Crippen LogP contribution in [0.3, 0.4) is 0 Å². The van der Waals surface area contributed by atoms with Gasteiger partial charge in [0.05, 0.1) is 6.54 Å². The molecular formula is C14H30N4O. The van der Waals surface area contributed by atoms with E-state index < -0.39 is 0 Å². The minimum Gasteiger partial charge on any atom is -0.339 e. The second kappa shape index (κ2) is 8.51. The number of amides is 1. The third kappa shape index (κ3) is 6.36. The first-order chi connectivity index (χ1) is 9.02. The van der Waals surface area contributed by atoms with Gasteiger partial charge in [0, 0.05) is 45.3 Å². The van der Waals surface area contributed by atoms with E-state index in [0.29, 0.717) is 12.6 Å². The van der Waals surface area contributed by atoms with Gasteiger partial charge in [-0.2, -0.15) is 0 Å². The van der Waals surface area contributed by atoms with Crippen molar-refractivity contribution in [3.8, 4) is 0 Å². The number of rotatable bonds is 7. The quantitative estimate of drug-likeness (QED) is 0.711. The molecule has 5 nitrogen and oxygen atoms in total. The van der Waals surface area contributed by atoms with Crippen molar-refractivity contribution in [2.75, 3.05) is 59.9 Å². The Hall–Kier alpha value is -0.650. The molecule has 1 aliphatic heterocycles. The average Bonchev–Trinajstić information content (AvgIpc) is 2.42. The number of hydrogen-bond donors (Lipinski definition) is 1. The molecule has 0 radical (unpaired) electrons. The van der Waals surface area contributed by atoms with Gasteiger partial charge in [0.2, 0.25) is 5.91 Å². The Balaban J connectivity index is 2.19. The molecule has 0 aromatic rings. The summed E-state index contributed by atoms with van der Waals surface area (Å²) in [7, 11) is 4.20. The van der Waals surface area contributed by atoms with Crippen molar-refractivity contribution in [3.63, 3.8) is 0 Å². The summed E-state index contributed by atoms with van der Waals surface area (Å²) in [5.41, 5.74) is 0. The first-order valence-electron chi connectivity index (χ1n) is 7.41. The van der Waals surface area contributed by atoms with Crippen LogP contribution in [0.5, 0.6) is 0 Å². The topological polar surface area (TPSA) is 38.8 Å². The molecule has 1 aliphatic rings. The zero-order valence-electron chi connectivity index (χ0n) is 13.0. The van der Waals surface area contributed by atoms with Crippen LogP contribution in [0, 0.1) is 0 Å². The maximum atomic E-state index is 12.0. The molecule has 1 amide bonds. The maximum absolute atomic E-state index is 12.0. The van der Waals surface area contributed by atoms with Crippen LogP contribution in [0.25, 0.3) is 0 Å². The predicted molar refractivity (Wildman–Crippen MR) is 79.3 cm³/mol. The number of nitrogens with zero attached hydrogens (tertiary/aromatic N) is 3. The summed E-state index contributed by atoms with van der Waals surface area (Å²) < 4.78 is 0. The number of piperazine rings is 1. The van der Waals surface area contributed by atoms with Crippen molar-refractivity contribution in [1.82, 2.24) is 20.0 Å². The van der Waals surface area contributed by atoms with Gasteiger partial charge in [-0.15, -0.1) is 0 Å². The molecule has 0 aromatic carbocycles.